The Morgan fingerprint density at radius 3 is 2.60 bits per heavy atom. The van der Waals surface area contributed by atoms with Crippen molar-refractivity contribution in [2.24, 2.45) is 0 Å². The topological polar surface area (TPSA) is 32.8 Å². The molecular formula is C16H24N2O2. The van der Waals surface area contributed by atoms with Gasteiger partial charge in [-0.25, -0.2) is 0 Å². The lowest BCUT2D eigenvalue weighted by atomic mass is 10.1. The minimum absolute atomic E-state index is 0.0332. The highest BCUT2D eigenvalue weighted by Crippen LogP contribution is 2.09. The Morgan fingerprint density at radius 2 is 1.90 bits per heavy atom. The highest BCUT2D eigenvalue weighted by molar-refractivity contribution is 5.77. The lowest BCUT2D eigenvalue weighted by Crippen LogP contribution is -2.40. The van der Waals surface area contributed by atoms with Crippen LogP contribution >= 0.6 is 0 Å². The van der Waals surface area contributed by atoms with Crippen molar-refractivity contribution >= 4 is 5.91 Å². The van der Waals surface area contributed by atoms with Crippen molar-refractivity contribution in [3.05, 3.63) is 30.3 Å². The van der Waals surface area contributed by atoms with E-state index in [9.17, 15) is 4.79 Å². The molecule has 20 heavy (non-hydrogen) atoms. The molecule has 110 valence electrons. The van der Waals surface area contributed by atoms with Crippen molar-refractivity contribution < 1.29 is 9.53 Å². The highest BCUT2D eigenvalue weighted by Gasteiger charge is 2.13. The number of carbonyl (C=O) groups is 1. The molecule has 1 aromatic rings. The third-order valence-corrected chi connectivity index (χ3v) is 3.73. The van der Waals surface area contributed by atoms with E-state index in [0.29, 0.717) is 0 Å². The first-order valence-electron chi connectivity index (χ1n) is 7.40. The molecule has 0 bridgehead atoms. The number of ether oxygens (including phenoxy) is 1. The average Bonchev–Trinajstić information content (AvgIpc) is 2.52. The van der Waals surface area contributed by atoms with Crippen LogP contribution in [0.25, 0.3) is 0 Å². The molecule has 4 nitrogen and oxygen atoms in total. The molecule has 4 heteroatoms. The van der Waals surface area contributed by atoms with Gasteiger partial charge in [0.1, 0.15) is 5.75 Å². The first-order valence-corrected chi connectivity index (χ1v) is 7.40. The summed E-state index contributed by atoms with van der Waals surface area (Å²) in [5.41, 5.74) is 0. The molecule has 0 aromatic heterocycles. The van der Waals surface area contributed by atoms with E-state index in [4.69, 9.17) is 4.74 Å². The molecule has 1 aliphatic heterocycles. The fraction of sp³-hybridized carbons (Fsp3) is 0.562. The van der Waals surface area contributed by atoms with Gasteiger partial charge in [0.05, 0.1) is 0 Å². The van der Waals surface area contributed by atoms with E-state index in [2.05, 4.69) is 4.90 Å². The van der Waals surface area contributed by atoms with Gasteiger partial charge in [-0.3, -0.25) is 4.79 Å². The second-order valence-electron chi connectivity index (χ2n) is 5.32. The molecule has 1 amide bonds. The maximum Gasteiger partial charge on any atom is 0.260 e. The van der Waals surface area contributed by atoms with Crippen LogP contribution in [0.1, 0.15) is 19.3 Å². The second-order valence-corrected chi connectivity index (χ2v) is 5.32. The van der Waals surface area contributed by atoms with Crippen molar-refractivity contribution in [1.82, 2.24) is 9.80 Å². The van der Waals surface area contributed by atoms with Gasteiger partial charge in [-0.1, -0.05) is 24.6 Å². The quantitative estimate of drug-likeness (QED) is 0.797. The van der Waals surface area contributed by atoms with Crippen LogP contribution < -0.4 is 4.74 Å². The number of piperidine rings is 1. The SMILES string of the molecule is CN(CCN1CCCCC1)C(=O)COc1ccccc1. The molecule has 0 N–H and O–H groups in total. The molecule has 2 rings (SSSR count). The Labute approximate surface area is 121 Å². The minimum Gasteiger partial charge on any atom is -0.484 e. The summed E-state index contributed by atoms with van der Waals surface area (Å²) < 4.78 is 5.48. The van der Waals surface area contributed by atoms with Crippen molar-refractivity contribution in [3.8, 4) is 5.75 Å². The predicted octanol–water partition coefficient (Wildman–Crippen LogP) is 2.01. The highest BCUT2D eigenvalue weighted by atomic mass is 16.5. The summed E-state index contributed by atoms with van der Waals surface area (Å²) in [4.78, 5) is 16.2. The van der Waals surface area contributed by atoms with Crippen molar-refractivity contribution in [1.29, 1.82) is 0 Å². The van der Waals surface area contributed by atoms with Gasteiger partial charge in [0.25, 0.3) is 5.91 Å². The Morgan fingerprint density at radius 1 is 1.20 bits per heavy atom. The van der Waals surface area contributed by atoms with Crippen molar-refractivity contribution in [2.45, 2.75) is 19.3 Å². The van der Waals surface area contributed by atoms with Gasteiger partial charge >= 0.3 is 0 Å². The predicted molar refractivity (Wildman–Crippen MR) is 79.9 cm³/mol. The number of rotatable bonds is 6. The third-order valence-electron chi connectivity index (χ3n) is 3.73. The van der Waals surface area contributed by atoms with Gasteiger partial charge < -0.3 is 14.5 Å². The zero-order valence-electron chi connectivity index (χ0n) is 12.3. The summed E-state index contributed by atoms with van der Waals surface area (Å²) in [7, 11) is 1.85. The van der Waals surface area contributed by atoms with Crippen LogP contribution in [0, 0.1) is 0 Å². The number of hydrogen-bond donors (Lipinski definition) is 0. The van der Waals surface area contributed by atoms with E-state index >= 15 is 0 Å². The van der Waals surface area contributed by atoms with E-state index in [1.54, 1.807) is 4.90 Å². The first kappa shape index (κ1) is 14.9. The van der Waals surface area contributed by atoms with Crippen LogP contribution in [-0.4, -0.2) is 55.5 Å². The molecule has 1 aliphatic rings. The molecule has 1 saturated heterocycles. The number of amides is 1. The zero-order valence-corrected chi connectivity index (χ0v) is 12.3. The van der Waals surface area contributed by atoms with E-state index in [1.165, 1.54) is 32.4 Å². The summed E-state index contributed by atoms with van der Waals surface area (Å²) in [6.45, 7) is 4.19. The van der Waals surface area contributed by atoms with Crippen LogP contribution in [0.15, 0.2) is 30.3 Å². The maximum absolute atomic E-state index is 12.0. The van der Waals surface area contributed by atoms with Gasteiger partial charge in [-0.05, 0) is 38.1 Å². The summed E-state index contributed by atoms with van der Waals surface area (Å²) in [6.07, 6.45) is 3.92. The first-order chi connectivity index (χ1) is 9.75. The Balaban J connectivity index is 1.66. The standard InChI is InChI=1S/C16H24N2O2/c1-17(12-13-18-10-6-3-7-11-18)16(19)14-20-15-8-4-2-5-9-15/h2,4-5,8-9H,3,6-7,10-14H2,1H3. The monoisotopic (exact) mass is 276 g/mol. The van der Waals surface area contributed by atoms with E-state index in [0.717, 1.165) is 18.8 Å². The normalized spacial score (nSPS) is 15.8. The lowest BCUT2D eigenvalue weighted by Gasteiger charge is -2.28. The van der Waals surface area contributed by atoms with E-state index in [1.807, 2.05) is 37.4 Å². The number of likely N-dealkylation sites (N-methyl/N-ethyl adjacent to an activating group) is 1. The average molecular weight is 276 g/mol. The lowest BCUT2D eigenvalue weighted by molar-refractivity contribution is -0.132. The largest absolute Gasteiger partial charge is 0.484 e. The van der Waals surface area contributed by atoms with Crippen LogP contribution in [0.2, 0.25) is 0 Å². The minimum atomic E-state index is 0.0332. The van der Waals surface area contributed by atoms with Gasteiger partial charge in [0, 0.05) is 20.1 Å². The molecule has 0 aliphatic carbocycles. The molecule has 1 heterocycles. The van der Waals surface area contributed by atoms with Crippen LogP contribution in [0.5, 0.6) is 5.75 Å². The molecule has 0 saturated carbocycles. The Hall–Kier alpha value is -1.55. The summed E-state index contributed by atoms with van der Waals surface area (Å²) >= 11 is 0. The Kier molecular flexibility index (Phi) is 5.87. The third kappa shape index (κ3) is 4.85. The van der Waals surface area contributed by atoms with Gasteiger partial charge in [0.2, 0.25) is 0 Å². The molecule has 1 aromatic carbocycles. The van der Waals surface area contributed by atoms with Gasteiger partial charge in [-0.15, -0.1) is 0 Å². The molecule has 1 fully saturated rings. The summed E-state index contributed by atoms with van der Waals surface area (Å²) in [5.74, 6) is 0.774. The molecular weight excluding hydrogens is 252 g/mol. The summed E-state index contributed by atoms with van der Waals surface area (Å²) in [5, 5.41) is 0. The maximum atomic E-state index is 12.0. The fourth-order valence-electron chi connectivity index (χ4n) is 2.37. The number of nitrogens with zero attached hydrogens (tertiary/aromatic N) is 2. The number of hydrogen-bond acceptors (Lipinski definition) is 3. The second kappa shape index (κ2) is 7.90. The number of carbonyl (C=O) groups excluding carboxylic acids is 1. The summed E-state index contributed by atoms with van der Waals surface area (Å²) in [6, 6.07) is 9.46. The smallest absolute Gasteiger partial charge is 0.260 e. The van der Waals surface area contributed by atoms with Crippen LogP contribution in [-0.2, 0) is 4.79 Å². The van der Waals surface area contributed by atoms with Gasteiger partial charge in [-0.2, -0.15) is 0 Å². The van der Waals surface area contributed by atoms with E-state index < -0.39 is 0 Å². The zero-order chi connectivity index (χ0) is 14.2. The number of likely N-dealkylation sites (tertiary alicyclic amines) is 1. The van der Waals surface area contributed by atoms with Crippen LogP contribution in [0.4, 0.5) is 0 Å². The number of benzene rings is 1. The van der Waals surface area contributed by atoms with E-state index in [-0.39, 0.29) is 12.5 Å². The molecule has 0 spiro atoms. The fourth-order valence-corrected chi connectivity index (χ4v) is 2.37. The molecule has 0 unspecified atom stereocenters. The molecule has 0 atom stereocenters. The van der Waals surface area contributed by atoms with Gasteiger partial charge in [0.15, 0.2) is 6.61 Å². The Bertz CT molecular complexity index is 402. The van der Waals surface area contributed by atoms with Crippen molar-refractivity contribution in [3.63, 3.8) is 0 Å². The number of para-hydroxylation sites is 1. The van der Waals surface area contributed by atoms with Crippen LogP contribution in [0.3, 0.4) is 0 Å². The van der Waals surface area contributed by atoms with Crippen molar-refractivity contribution in [2.75, 3.05) is 39.8 Å². The molecule has 0 radical (unpaired) electrons.